The molecule has 25 nitrogen and oxygen atoms in total. The van der Waals surface area contributed by atoms with Gasteiger partial charge in [-0.05, 0) is 32.6 Å². The lowest BCUT2D eigenvalue weighted by atomic mass is 10.0. The number of aliphatic imine (C=N–C) groups is 1. The van der Waals surface area contributed by atoms with Crippen LogP contribution in [0.1, 0.15) is 59.6 Å². The van der Waals surface area contributed by atoms with Gasteiger partial charge in [-0.15, -0.1) is 0 Å². The van der Waals surface area contributed by atoms with Gasteiger partial charge in [-0.25, -0.2) is 4.98 Å². The number of imidazole rings is 1. The lowest BCUT2D eigenvalue weighted by Crippen LogP contribution is -2.60. The summed E-state index contributed by atoms with van der Waals surface area (Å²) < 4.78 is 0. The summed E-state index contributed by atoms with van der Waals surface area (Å²) in [4.78, 5) is 138. The summed E-state index contributed by atoms with van der Waals surface area (Å²) in [5.41, 5.74) is 16.4. The fourth-order valence-corrected chi connectivity index (χ4v) is 5.83. The Bertz CT molecular complexity index is 1780. The zero-order chi connectivity index (χ0) is 47.3. The van der Waals surface area contributed by atoms with Gasteiger partial charge in [0.1, 0.15) is 48.3 Å². The number of carboxylic acid groups (broad SMARTS) is 1. The van der Waals surface area contributed by atoms with Crippen molar-refractivity contribution in [2.24, 2.45) is 28.1 Å². The second-order valence-corrected chi connectivity index (χ2v) is 15.0. The maximum Gasteiger partial charge on any atom is 0.305 e. The number of hydrogen-bond donors (Lipinski definition) is 15. The Morgan fingerprint density at radius 1 is 0.677 bits per heavy atom. The molecule has 0 aliphatic rings. The van der Waals surface area contributed by atoms with Gasteiger partial charge in [-0.3, -0.25) is 52.9 Å². The van der Waals surface area contributed by atoms with Crippen LogP contribution >= 0.6 is 25.3 Å². The smallest absolute Gasteiger partial charge is 0.305 e. The molecule has 0 fully saturated rings. The molecule has 0 aromatic carbocycles. The van der Waals surface area contributed by atoms with E-state index in [4.69, 9.17) is 17.2 Å². The SMILES string of the molecule is CC(=O)N[C@@H](CS)C(=O)N[C@@H](CCCN=C(N)N)C(=O)N[C@@H](C)C(=O)N[C@@H](Cc1cnc[nH]1)C(=O)N[C@@H](C)C(=O)N[C@H](C(=O)N[C@@H](CC(=O)O)C(=O)N[C@@H](CS)C(N)=O)C(C)C. The van der Waals surface area contributed by atoms with Crippen molar-refractivity contribution in [3.8, 4) is 0 Å². The number of primary amides is 1. The number of aromatic amines is 1. The topological polar surface area (TPSA) is 406 Å². The minimum atomic E-state index is -1.68. The summed E-state index contributed by atoms with van der Waals surface area (Å²) in [7, 11) is 0. The molecule has 0 saturated heterocycles. The molecule has 27 heteroatoms. The predicted octanol–water partition coefficient (Wildman–Crippen LogP) is -5.58. The van der Waals surface area contributed by atoms with Crippen LogP contribution in [0.5, 0.6) is 0 Å². The van der Waals surface area contributed by atoms with E-state index in [9.17, 15) is 53.1 Å². The third-order valence-corrected chi connectivity index (χ3v) is 9.40. The van der Waals surface area contributed by atoms with Crippen LogP contribution in [0.4, 0.5) is 0 Å². The molecule has 0 bridgehead atoms. The number of carbonyl (C=O) groups excluding carboxylic acids is 9. The van der Waals surface area contributed by atoms with Crippen molar-refractivity contribution in [3.05, 3.63) is 18.2 Å². The number of aliphatic carboxylic acids is 1. The van der Waals surface area contributed by atoms with Gasteiger partial charge in [0.05, 0.1) is 12.7 Å². The van der Waals surface area contributed by atoms with Gasteiger partial charge in [0.2, 0.25) is 53.2 Å². The Hall–Kier alpha value is -6.12. The number of H-pyrrole nitrogens is 1. The van der Waals surface area contributed by atoms with E-state index in [0.717, 1.165) is 0 Å². The molecule has 0 saturated carbocycles. The van der Waals surface area contributed by atoms with E-state index in [1.54, 1.807) is 13.8 Å². The molecule has 62 heavy (non-hydrogen) atoms. The average Bonchev–Trinajstić information content (AvgIpc) is 3.70. The third kappa shape index (κ3) is 19.5. The minimum absolute atomic E-state index is 0.0121. The summed E-state index contributed by atoms with van der Waals surface area (Å²) in [6.07, 6.45) is 1.90. The van der Waals surface area contributed by atoms with Gasteiger partial charge < -0.3 is 69.8 Å². The molecule has 1 aromatic rings. The first-order valence-corrected chi connectivity index (χ1v) is 20.4. The molecule has 0 aliphatic heterocycles. The lowest BCUT2D eigenvalue weighted by Gasteiger charge is -2.27. The van der Waals surface area contributed by atoms with E-state index in [-0.39, 0.29) is 43.3 Å². The Kier molecular flexibility index (Phi) is 23.4. The summed E-state index contributed by atoms with van der Waals surface area (Å²) in [5, 5.41) is 28.7. The molecule has 0 aliphatic carbocycles. The van der Waals surface area contributed by atoms with Crippen molar-refractivity contribution >= 4 is 90.4 Å². The van der Waals surface area contributed by atoms with Crippen molar-refractivity contribution in [1.29, 1.82) is 0 Å². The van der Waals surface area contributed by atoms with Crippen LogP contribution in [0.3, 0.4) is 0 Å². The highest BCUT2D eigenvalue weighted by atomic mass is 32.1. The number of carboxylic acids is 1. The van der Waals surface area contributed by atoms with Crippen molar-refractivity contribution in [1.82, 2.24) is 52.5 Å². The van der Waals surface area contributed by atoms with Crippen LogP contribution in [-0.2, 0) is 54.4 Å². The molecule has 1 aromatic heterocycles. The standard InChI is InChI=1S/C35H58N14O11S2/c1-15(2)26(34(60)47-22(10-25(51)52)32(58)48-23(12-61)27(36)53)49-29(55)17(4)43-31(57)21(9-19-11-39-14-41-19)46-28(54)16(3)42-30(56)20(7-6-8-40-35(37)38)45-33(59)24(13-62)44-18(5)50/h11,14-17,20-24,26,61-62H,6-10,12-13H2,1-5H3,(H2,36,53)(H,39,41)(H,42,56)(H,43,57)(H,44,50)(H,45,59)(H,46,54)(H,47,60)(H,48,58)(H,49,55)(H,51,52)(H4,37,38,40)/t16-,17-,20-,21-,22-,23-,24-,26-/m0/s1. The molecule has 8 atom stereocenters. The van der Waals surface area contributed by atoms with Crippen LogP contribution in [0.15, 0.2) is 17.5 Å². The molecule has 0 spiro atoms. The third-order valence-electron chi connectivity index (χ3n) is 8.67. The zero-order valence-electron chi connectivity index (χ0n) is 34.9. The Labute approximate surface area is 368 Å². The summed E-state index contributed by atoms with van der Waals surface area (Å²) in [5.74, 6) is -10.2. The van der Waals surface area contributed by atoms with Gasteiger partial charge in [0, 0.05) is 43.3 Å². The first-order chi connectivity index (χ1) is 29.0. The lowest BCUT2D eigenvalue weighted by molar-refractivity contribution is -0.141. The number of aromatic nitrogens is 2. The summed E-state index contributed by atoms with van der Waals surface area (Å²) in [6.45, 7) is 7.01. The zero-order valence-corrected chi connectivity index (χ0v) is 36.6. The van der Waals surface area contributed by atoms with Gasteiger partial charge in [-0.1, -0.05) is 13.8 Å². The van der Waals surface area contributed by atoms with E-state index < -0.39 is 120 Å². The van der Waals surface area contributed by atoms with Crippen LogP contribution in [0, 0.1) is 5.92 Å². The minimum Gasteiger partial charge on any atom is -0.481 e. The number of rotatable bonds is 27. The number of carbonyl (C=O) groups is 10. The van der Waals surface area contributed by atoms with E-state index >= 15 is 0 Å². The fourth-order valence-electron chi connectivity index (χ4n) is 5.30. The van der Waals surface area contributed by atoms with E-state index in [1.807, 2.05) is 0 Å². The largest absolute Gasteiger partial charge is 0.481 e. The molecule has 1 rings (SSSR count). The van der Waals surface area contributed by atoms with Crippen molar-refractivity contribution in [2.45, 2.75) is 109 Å². The van der Waals surface area contributed by atoms with E-state index in [1.165, 1.54) is 33.3 Å². The van der Waals surface area contributed by atoms with Gasteiger partial charge in [0.15, 0.2) is 5.96 Å². The van der Waals surface area contributed by atoms with Gasteiger partial charge in [0.25, 0.3) is 0 Å². The Morgan fingerprint density at radius 3 is 1.66 bits per heavy atom. The normalized spacial score (nSPS) is 14.7. The fraction of sp³-hybridized carbons (Fsp3) is 0.600. The Morgan fingerprint density at radius 2 is 1.18 bits per heavy atom. The highest BCUT2D eigenvalue weighted by Gasteiger charge is 2.34. The number of thiol groups is 2. The molecule has 346 valence electrons. The summed E-state index contributed by atoms with van der Waals surface area (Å²) in [6, 6.07) is -10.6. The molecular formula is C35H58N14O11S2. The summed E-state index contributed by atoms with van der Waals surface area (Å²) >= 11 is 8.01. The molecule has 0 radical (unpaired) electrons. The number of guanidine groups is 1. The predicted molar refractivity (Wildman–Crippen MR) is 229 cm³/mol. The van der Waals surface area contributed by atoms with Crippen LogP contribution in [0.2, 0.25) is 0 Å². The first kappa shape index (κ1) is 53.9. The molecule has 0 unspecified atom stereocenters. The van der Waals surface area contributed by atoms with Gasteiger partial charge >= 0.3 is 5.97 Å². The molecule has 9 amide bonds. The average molecular weight is 915 g/mol. The molecular weight excluding hydrogens is 857 g/mol. The highest BCUT2D eigenvalue weighted by Crippen LogP contribution is 2.07. The van der Waals surface area contributed by atoms with Crippen molar-refractivity contribution in [3.63, 3.8) is 0 Å². The quantitative estimate of drug-likeness (QED) is 0.0170. The number of nitrogens with one attached hydrogen (secondary N) is 9. The van der Waals surface area contributed by atoms with Crippen LogP contribution < -0.4 is 59.7 Å². The van der Waals surface area contributed by atoms with Crippen LogP contribution in [0.25, 0.3) is 0 Å². The molecule has 16 N–H and O–H groups in total. The van der Waals surface area contributed by atoms with E-state index in [2.05, 4.69) is 82.8 Å². The van der Waals surface area contributed by atoms with Crippen LogP contribution in [-0.4, -0.2) is 147 Å². The van der Waals surface area contributed by atoms with Gasteiger partial charge in [-0.2, -0.15) is 25.3 Å². The number of hydrogen-bond acceptors (Lipinski definition) is 14. The number of nitrogens with zero attached hydrogens (tertiary/aromatic N) is 2. The highest BCUT2D eigenvalue weighted by molar-refractivity contribution is 7.80. The monoisotopic (exact) mass is 914 g/mol. The maximum atomic E-state index is 13.6. The van der Waals surface area contributed by atoms with Crippen molar-refractivity contribution < 1.29 is 53.1 Å². The maximum absolute atomic E-state index is 13.6. The van der Waals surface area contributed by atoms with E-state index in [0.29, 0.717) is 5.69 Å². The Balaban J connectivity index is 3.17. The van der Waals surface area contributed by atoms with Crippen molar-refractivity contribution in [2.75, 3.05) is 18.1 Å². The second-order valence-electron chi connectivity index (χ2n) is 14.3. The molecule has 1 heterocycles. The number of amides is 9. The first-order valence-electron chi connectivity index (χ1n) is 19.2. The number of nitrogens with two attached hydrogens (primary N) is 3. The second kappa shape index (κ2) is 27.0.